The summed E-state index contributed by atoms with van der Waals surface area (Å²) in [6, 6.07) is 11.6. The first kappa shape index (κ1) is 18.4. The fourth-order valence-electron chi connectivity index (χ4n) is 3.12. The minimum Gasteiger partial charge on any atom is -0.322 e. The fourth-order valence-corrected chi connectivity index (χ4v) is 3.28. The van der Waals surface area contributed by atoms with Gasteiger partial charge in [0, 0.05) is 23.3 Å². The number of nitrogens with one attached hydrogen (secondary N) is 1. The van der Waals surface area contributed by atoms with Gasteiger partial charge in [-0.1, -0.05) is 30.2 Å². The zero-order valence-electron chi connectivity index (χ0n) is 14.3. The van der Waals surface area contributed by atoms with E-state index in [9.17, 15) is 14.9 Å². The van der Waals surface area contributed by atoms with Crippen molar-refractivity contribution >= 4 is 28.9 Å². The van der Waals surface area contributed by atoms with E-state index in [1.54, 1.807) is 0 Å². The predicted molar refractivity (Wildman–Crippen MR) is 102 cm³/mol. The number of hydrogen-bond donors (Lipinski definition) is 1. The monoisotopic (exact) mass is 373 g/mol. The number of amides is 1. The average molecular weight is 374 g/mol. The Balaban J connectivity index is 1.67. The number of benzene rings is 2. The molecule has 0 saturated carbocycles. The number of nitro benzene ring substituents is 1. The maximum absolute atomic E-state index is 12.4. The molecule has 0 aromatic heterocycles. The van der Waals surface area contributed by atoms with Crippen molar-refractivity contribution in [1.29, 1.82) is 0 Å². The number of anilines is 1. The molecule has 2 aromatic carbocycles. The van der Waals surface area contributed by atoms with Crippen LogP contribution in [0.5, 0.6) is 0 Å². The Hall–Kier alpha value is -2.44. The second-order valence-corrected chi connectivity index (χ2v) is 6.84. The Morgan fingerprint density at radius 1 is 1.12 bits per heavy atom. The van der Waals surface area contributed by atoms with Gasteiger partial charge >= 0.3 is 0 Å². The molecular weight excluding hydrogens is 354 g/mol. The second-order valence-electron chi connectivity index (χ2n) is 6.41. The van der Waals surface area contributed by atoms with Gasteiger partial charge in [-0.15, -0.1) is 0 Å². The molecule has 2 aromatic rings. The van der Waals surface area contributed by atoms with Gasteiger partial charge in [0.25, 0.3) is 11.6 Å². The van der Waals surface area contributed by atoms with Crippen LogP contribution in [-0.2, 0) is 6.54 Å². The Morgan fingerprint density at radius 3 is 2.46 bits per heavy atom. The second kappa shape index (κ2) is 8.29. The average Bonchev–Trinajstić information content (AvgIpc) is 2.64. The Bertz CT molecular complexity index is 802. The number of nitro groups is 1. The van der Waals surface area contributed by atoms with Gasteiger partial charge in [-0.3, -0.25) is 19.8 Å². The number of hydrogen-bond acceptors (Lipinski definition) is 4. The third-order valence-corrected chi connectivity index (χ3v) is 4.70. The van der Waals surface area contributed by atoms with Crippen molar-refractivity contribution in [2.24, 2.45) is 0 Å². The van der Waals surface area contributed by atoms with Gasteiger partial charge in [-0.25, -0.2) is 0 Å². The molecule has 0 radical (unpaired) electrons. The zero-order chi connectivity index (χ0) is 18.5. The number of rotatable bonds is 5. The number of halogens is 1. The quantitative estimate of drug-likeness (QED) is 0.619. The van der Waals surface area contributed by atoms with E-state index in [1.807, 2.05) is 24.3 Å². The van der Waals surface area contributed by atoms with Crippen molar-refractivity contribution in [3.05, 3.63) is 68.7 Å². The molecule has 0 aliphatic carbocycles. The third-order valence-electron chi connectivity index (χ3n) is 4.47. The maximum Gasteiger partial charge on any atom is 0.283 e. The maximum atomic E-state index is 12.4. The smallest absolute Gasteiger partial charge is 0.283 e. The largest absolute Gasteiger partial charge is 0.322 e. The van der Waals surface area contributed by atoms with Gasteiger partial charge in [0.05, 0.1) is 4.92 Å². The molecule has 136 valence electrons. The van der Waals surface area contributed by atoms with Crippen LogP contribution in [0.1, 0.15) is 35.2 Å². The minimum absolute atomic E-state index is 0.0169. The lowest BCUT2D eigenvalue weighted by molar-refractivity contribution is -0.385. The van der Waals surface area contributed by atoms with Gasteiger partial charge in [-0.2, -0.15) is 0 Å². The van der Waals surface area contributed by atoms with Crippen molar-refractivity contribution in [1.82, 2.24) is 4.90 Å². The summed E-state index contributed by atoms with van der Waals surface area (Å²) >= 11 is 5.78. The predicted octanol–water partition coefficient (Wildman–Crippen LogP) is 4.49. The van der Waals surface area contributed by atoms with Crippen LogP contribution in [0.15, 0.2) is 42.5 Å². The van der Waals surface area contributed by atoms with Crippen LogP contribution in [0, 0.1) is 10.1 Å². The van der Waals surface area contributed by atoms with Crippen LogP contribution in [0.25, 0.3) is 0 Å². The molecule has 0 bridgehead atoms. The van der Waals surface area contributed by atoms with Gasteiger partial charge in [0.1, 0.15) is 5.56 Å². The van der Waals surface area contributed by atoms with Gasteiger partial charge in [-0.05, 0) is 55.8 Å². The molecule has 1 N–H and O–H groups in total. The molecule has 1 aliphatic rings. The Kier molecular flexibility index (Phi) is 5.85. The summed E-state index contributed by atoms with van der Waals surface area (Å²) in [5, 5.41) is 14.0. The van der Waals surface area contributed by atoms with Crippen LogP contribution in [-0.4, -0.2) is 28.8 Å². The van der Waals surface area contributed by atoms with Crippen molar-refractivity contribution in [2.45, 2.75) is 25.8 Å². The first-order valence-electron chi connectivity index (χ1n) is 8.59. The highest BCUT2D eigenvalue weighted by atomic mass is 35.5. The standard InChI is InChI=1S/C19H20ClN3O3/c20-15-6-9-17(18(12-15)23(25)26)19(24)21-16-7-4-14(5-8-16)13-22-10-2-1-3-11-22/h4-9,12H,1-3,10-11,13H2,(H,21,24). The lowest BCUT2D eigenvalue weighted by Crippen LogP contribution is -2.29. The summed E-state index contributed by atoms with van der Waals surface area (Å²) < 4.78 is 0. The normalized spacial score (nSPS) is 14.8. The van der Waals surface area contributed by atoms with Gasteiger partial charge in [0.2, 0.25) is 0 Å². The first-order chi connectivity index (χ1) is 12.5. The highest BCUT2D eigenvalue weighted by Gasteiger charge is 2.20. The molecule has 26 heavy (non-hydrogen) atoms. The molecule has 1 amide bonds. The van der Waals surface area contributed by atoms with E-state index < -0.39 is 10.8 Å². The summed E-state index contributed by atoms with van der Waals surface area (Å²) in [6.07, 6.45) is 3.79. The fraction of sp³-hybridized carbons (Fsp3) is 0.316. The molecule has 0 unspecified atom stereocenters. The highest BCUT2D eigenvalue weighted by Crippen LogP contribution is 2.24. The first-order valence-corrected chi connectivity index (χ1v) is 8.97. The zero-order valence-corrected chi connectivity index (χ0v) is 15.0. The number of carbonyl (C=O) groups is 1. The number of nitrogens with zero attached hydrogens (tertiary/aromatic N) is 2. The SMILES string of the molecule is O=C(Nc1ccc(CN2CCCCC2)cc1)c1ccc(Cl)cc1[N+](=O)[O-]. The molecule has 1 saturated heterocycles. The van der Waals surface area contributed by atoms with Crippen LogP contribution in [0.2, 0.25) is 5.02 Å². The third kappa shape index (κ3) is 4.59. The summed E-state index contributed by atoms with van der Waals surface area (Å²) in [4.78, 5) is 25.3. The summed E-state index contributed by atoms with van der Waals surface area (Å²) in [5.74, 6) is -0.530. The summed E-state index contributed by atoms with van der Waals surface area (Å²) in [6.45, 7) is 3.15. The van der Waals surface area contributed by atoms with Crippen LogP contribution in [0.4, 0.5) is 11.4 Å². The van der Waals surface area contributed by atoms with Gasteiger partial charge < -0.3 is 5.32 Å². The molecule has 0 spiro atoms. The van der Waals surface area contributed by atoms with E-state index in [1.165, 1.54) is 43.0 Å². The lowest BCUT2D eigenvalue weighted by Gasteiger charge is -2.26. The van der Waals surface area contributed by atoms with Gasteiger partial charge in [0.15, 0.2) is 0 Å². The van der Waals surface area contributed by atoms with Crippen molar-refractivity contribution in [3.8, 4) is 0 Å². The van der Waals surface area contributed by atoms with E-state index in [-0.39, 0.29) is 16.3 Å². The molecule has 1 heterocycles. The molecule has 3 rings (SSSR count). The lowest BCUT2D eigenvalue weighted by atomic mass is 10.1. The highest BCUT2D eigenvalue weighted by molar-refractivity contribution is 6.31. The number of likely N-dealkylation sites (tertiary alicyclic amines) is 1. The summed E-state index contributed by atoms with van der Waals surface area (Å²) in [7, 11) is 0. The van der Waals surface area contributed by atoms with Crippen LogP contribution in [0.3, 0.4) is 0 Å². The van der Waals surface area contributed by atoms with Crippen molar-refractivity contribution in [2.75, 3.05) is 18.4 Å². The van der Waals surface area contributed by atoms with E-state index in [0.29, 0.717) is 5.69 Å². The molecule has 0 atom stereocenters. The number of piperidine rings is 1. The van der Waals surface area contributed by atoms with E-state index in [4.69, 9.17) is 11.6 Å². The topological polar surface area (TPSA) is 75.5 Å². The van der Waals surface area contributed by atoms with E-state index in [0.717, 1.165) is 19.6 Å². The Labute approximate surface area is 156 Å². The van der Waals surface area contributed by atoms with Crippen molar-refractivity contribution in [3.63, 3.8) is 0 Å². The number of carbonyl (C=O) groups excluding carboxylic acids is 1. The van der Waals surface area contributed by atoms with Crippen molar-refractivity contribution < 1.29 is 9.72 Å². The minimum atomic E-state index is -0.609. The molecule has 1 fully saturated rings. The molecule has 1 aliphatic heterocycles. The van der Waals surface area contributed by atoms with Crippen LogP contribution >= 0.6 is 11.6 Å². The van der Waals surface area contributed by atoms with E-state index in [2.05, 4.69) is 10.2 Å². The molecular formula is C19H20ClN3O3. The Morgan fingerprint density at radius 2 is 1.81 bits per heavy atom. The van der Waals surface area contributed by atoms with E-state index >= 15 is 0 Å². The molecule has 6 nitrogen and oxygen atoms in total. The summed E-state index contributed by atoms with van der Waals surface area (Å²) in [5.41, 5.74) is 1.46. The molecule has 7 heteroatoms. The van der Waals surface area contributed by atoms with Crippen LogP contribution < -0.4 is 5.32 Å².